The fourth-order valence-corrected chi connectivity index (χ4v) is 2.76. The summed E-state index contributed by atoms with van der Waals surface area (Å²) in [5, 5.41) is 15.0. The van der Waals surface area contributed by atoms with E-state index in [4.69, 9.17) is 5.11 Å². The van der Waals surface area contributed by atoms with Gasteiger partial charge in [-0.1, -0.05) is 0 Å². The highest BCUT2D eigenvalue weighted by atomic mass is 19.1. The van der Waals surface area contributed by atoms with Crippen molar-refractivity contribution >= 4 is 12.0 Å². The van der Waals surface area contributed by atoms with Gasteiger partial charge in [0.15, 0.2) is 5.82 Å². The molecule has 1 aromatic rings. The largest absolute Gasteiger partial charge is 0.465 e. The minimum atomic E-state index is -1.20. The smallest absolute Gasteiger partial charge is 0.407 e. The van der Waals surface area contributed by atoms with Gasteiger partial charge in [0.2, 0.25) is 5.91 Å². The second-order valence-corrected chi connectivity index (χ2v) is 5.16. The molecule has 1 fully saturated rings. The lowest BCUT2D eigenvalue weighted by atomic mass is 10.2. The SMILES string of the molecule is O=C(O)N1Cc2n[nH]c(=O)n2[C@H](C(=O)N2CC[C@H](F)C2)C1. The zero-order chi connectivity index (χ0) is 15.1. The first-order valence-corrected chi connectivity index (χ1v) is 6.54. The van der Waals surface area contributed by atoms with Crippen molar-refractivity contribution in [3.63, 3.8) is 0 Å². The van der Waals surface area contributed by atoms with Crippen LogP contribution in [0.3, 0.4) is 0 Å². The predicted molar refractivity (Wildman–Crippen MR) is 66.4 cm³/mol. The fraction of sp³-hybridized carbons (Fsp3) is 0.636. The van der Waals surface area contributed by atoms with Crippen molar-refractivity contribution in [3.8, 4) is 0 Å². The van der Waals surface area contributed by atoms with Crippen LogP contribution in [-0.4, -0.2) is 67.5 Å². The summed E-state index contributed by atoms with van der Waals surface area (Å²) in [6.45, 7) is 0.0352. The molecule has 1 aromatic heterocycles. The molecular weight excluding hydrogens is 285 g/mol. The first-order valence-electron chi connectivity index (χ1n) is 6.54. The molecule has 0 bridgehead atoms. The maximum absolute atomic E-state index is 13.2. The summed E-state index contributed by atoms with van der Waals surface area (Å²) in [6.07, 6.45) is -2.01. The number of carbonyl (C=O) groups is 2. The van der Waals surface area contributed by atoms with E-state index in [1.165, 1.54) is 4.90 Å². The van der Waals surface area contributed by atoms with E-state index < -0.39 is 29.9 Å². The number of hydrogen-bond donors (Lipinski definition) is 2. The Morgan fingerprint density at radius 2 is 2.10 bits per heavy atom. The quantitative estimate of drug-likeness (QED) is 0.703. The molecule has 0 radical (unpaired) electrons. The van der Waals surface area contributed by atoms with E-state index in [1.807, 2.05) is 0 Å². The highest BCUT2D eigenvalue weighted by Gasteiger charge is 2.39. The van der Waals surface area contributed by atoms with Crippen molar-refractivity contribution in [1.29, 1.82) is 0 Å². The number of aromatic amines is 1. The van der Waals surface area contributed by atoms with Crippen LogP contribution < -0.4 is 5.69 Å². The van der Waals surface area contributed by atoms with Crippen LogP contribution in [0.1, 0.15) is 18.3 Å². The Bertz CT molecular complexity index is 641. The fourth-order valence-electron chi connectivity index (χ4n) is 2.76. The van der Waals surface area contributed by atoms with Gasteiger partial charge in [-0.3, -0.25) is 14.3 Å². The number of H-pyrrole nitrogens is 1. The normalized spacial score (nSPS) is 25.0. The lowest BCUT2D eigenvalue weighted by Crippen LogP contribution is -2.49. The summed E-state index contributed by atoms with van der Waals surface area (Å²) in [4.78, 5) is 37.7. The number of likely N-dealkylation sites (tertiary alicyclic amines) is 1. The Morgan fingerprint density at radius 1 is 1.33 bits per heavy atom. The molecule has 0 aromatic carbocycles. The first kappa shape index (κ1) is 13.6. The number of fused-ring (bicyclic) bond motifs is 1. The summed E-state index contributed by atoms with van der Waals surface area (Å²) in [5.74, 6) is -0.270. The Hall–Kier alpha value is -2.39. The van der Waals surface area contributed by atoms with Gasteiger partial charge in [-0.05, 0) is 6.42 Å². The highest BCUT2D eigenvalue weighted by molar-refractivity contribution is 5.82. The Balaban J connectivity index is 1.92. The standard InChI is InChI=1S/C11H14FN5O4/c12-6-1-2-15(3-6)9(18)7-4-16(11(20)21)5-8-13-14-10(19)17(7)8/h6-7H,1-5H2,(H,14,19)(H,20,21)/t6-,7-/m0/s1. The van der Waals surface area contributed by atoms with Gasteiger partial charge in [0.25, 0.3) is 0 Å². The van der Waals surface area contributed by atoms with Gasteiger partial charge in [0, 0.05) is 6.54 Å². The molecule has 1 saturated heterocycles. The molecule has 2 aliphatic rings. The molecule has 10 heteroatoms. The molecule has 21 heavy (non-hydrogen) atoms. The van der Waals surface area contributed by atoms with Crippen LogP contribution in [0.2, 0.25) is 0 Å². The summed E-state index contributed by atoms with van der Waals surface area (Å²) < 4.78 is 14.4. The minimum absolute atomic E-state index is 0.0235. The molecule has 3 heterocycles. The van der Waals surface area contributed by atoms with E-state index in [0.717, 1.165) is 9.47 Å². The molecule has 0 spiro atoms. The number of amides is 2. The molecule has 2 atom stereocenters. The van der Waals surface area contributed by atoms with Crippen molar-refractivity contribution in [2.75, 3.05) is 19.6 Å². The van der Waals surface area contributed by atoms with E-state index >= 15 is 0 Å². The van der Waals surface area contributed by atoms with Crippen LogP contribution in [0.4, 0.5) is 9.18 Å². The van der Waals surface area contributed by atoms with Crippen molar-refractivity contribution in [2.45, 2.75) is 25.2 Å². The summed E-state index contributed by atoms with van der Waals surface area (Å²) in [5.41, 5.74) is -0.565. The van der Waals surface area contributed by atoms with Gasteiger partial charge in [0.1, 0.15) is 12.2 Å². The summed E-state index contributed by atoms with van der Waals surface area (Å²) in [6, 6.07) is -0.999. The molecule has 2 amide bonds. The average molecular weight is 299 g/mol. The van der Waals surface area contributed by atoms with Gasteiger partial charge in [-0.25, -0.2) is 19.1 Å². The third kappa shape index (κ3) is 2.26. The highest BCUT2D eigenvalue weighted by Crippen LogP contribution is 2.22. The number of rotatable bonds is 1. The second kappa shape index (κ2) is 4.86. The molecule has 114 valence electrons. The number of alkyl halides is 1. The number of hydrogen-bond acceptors (Lipinski definition) is 4. The molecule has 0 aliphatic carbocycles. The molecule has 0 saturated carbocycles. The summed E-state index contributed by atoms with van der Waals surface area (Å²) in [7, 11) is 0. The zero-order valence-electron chi connectivity index (χ0n) is 11.0. The predicted octanol–water partition coefficient (Wildman–Crippen LogP) is -0.824. The van der Waals surface area contributed by atoms with Gasteiger partial charge < -0.3 is 10.0 Å². The van der Waals surface area contributed by atoms with Crippen LogP contribution in [0, 0.1) is 0 Å². The summed E-state index contributed by atoms with van der Waals surface area (Å²) >= 11 is 0. The maximum atomic E-state index is 13.2. The van der Waals surface area contributed by atoms with Gasteiger partial charge in [-0.2, -0.15) is 5.10 Å². The second-order valence-electron chi connectivity index (χ2n) is 5.16. The topological polar surface area (TPSA) is 112 Å². The lowest BCUT2D eigenvalue weighted by molar-refractivity contribution is -0.135. The van der Waals surface area contributed by atoms with Gasteiger partial charge in [0.05, 0.1) is 19.6 Å². The Morgan fingerprint density at radius 3 is 2.71 bits per heavy atom. The third-order valence-electron chi connectivity index (χ3n) is 3.81. The van der Waals surface area contributed by atoms with Crippen LogP contribution in [0.15, 0.2) is 4.79 Å². The number of nitrogens with zero attached hydrogens (tertiary/aromatic N) is 4. The minimum Gasteiger partial charge on any atom is -0.465 e. The van der Waals surface area contributed by atoms with E-state index in [-0.39, 0.29) is 38.4 Å². The molecule has 2 aliphatic heterocycles. The molecule has 9 nitrogen and oxygen atoms in total. The number of aromatic nitrogens is 3. The molecule has 3 rings (SSSR count). The van der Waals surface area contributed by atoms with Crippen LogP contribution >= 0.6 is 0 Å². The monoisotopic (exact) mass is 299 g/mol. The third-order valence-corrected chi connectivity index (χ3v) is 3.81. The van der Waals surface area contributed by atoms with Gasteiger partial charge >= 0.3 is 11.8 Å². The number of halogens is 1. The van der Waals surface area contributed by atoms with Crippen molar-refractivity contribution in [1.82, 2.24) is 24.6 Å². The molecule has 0 unspecified atom stereocenters. The number of nitrogens with one attached hydrogen (secondary N) is 1. The van der Waals surface area contributed by atoms with E-state index in [1.54, 1.807) is 0 Å². The Kier molecular flexibility index (Phi) is 3.15. The maximum Gasteiger partial charge on any atom is 0.407 e. The van der Waals surface area contributed by atoms with Crippen molar-refractivity contribution in [3.05, 3.63) is 16.3 Å². The van der Waals surface area contributed by atoms with Gasteiger partial charge in [-0.15, -0.1) is 0 Å². The van der Waals surface area contributed by atoms with Crippen LogP contribution in [-0.2, 0) is 11.3 Å². The van der Waals surface area contributed by atoms with Crippen molar-refractivity contribution < 1.29 is 19.1 Å². The molecule has 2 N–H and O–H groups in total. The van der Waals surface area contributed by atoms with Crippen LogP contribution in [0.5, 0.6) is 0 Å². The first-order chi connectivity index (χ1) is 9.97. The zero-order valence-corrected chi connectivity index (χ0v) is 11.0. The van der Waals surface area contributed by atoms with E-state index in [9.17, 15) is 18.8 Å². The van der Waals surface area contributed by atoms with E-state index in [0.29, 0.717) is 0 Å². The molecular formula is C11H14FN5O4. The number of carbonyl (C=O) groups excluding carboxylic acids is 1. The Labute approximate surface area is 117 Å². The average Bonchev–Trinajstić information content (AvgIpc) is 3.04. The lowest BCUT2D eigenvalue weighted by Gasteiger charge is -2.32. The van der Waals surface area contributed by atoms with E-state index in [2.05, 4.69) is 10.2 Å². The van der Waals surface area contributed by atoms with Crippen LogP contribution in [0.25, 0.3) is 0 Å². The van der Waals surface area contributed by atoms with Crippen molar-refractivity contribution in [2.24, 2.45) is 0 Å². The number of carboxylic acid groups (broad SMARTS) is 1.